The average molecular weight is 216 g/mol. The summed E-state index contributed by atoms with van der Waals surface area (Å²) in [4.78, 5) is 22.3. The summed E-state index contributed by atoms with van der Waals surface area (Å²) in [6.07, 6.45) is -0.0628. The van der Waals surface area contributed by atoms with Crippen LogP contribution >= 0.6 is 0 Å². The van der Waals surface area contributed by atoms with E-state index in [1.807, 2.05) is 0 Å². The van der Waals surface area contributed by atoms with E-state index >= 15 is 0 Å². The van der Waals surface area contributed by atoms with Crippen LogP contribution in [0.2, 0.25) is 0 Å². The molecule has 0 aromatic rings. The molecule has 0 aromatic carbocycles. The summed E-state index contributed by atoms with van der Waals surface area (Å²) < 4.78 is 9.94. The molecule has 1 unspecified atom stereocenters. The van der Waals surface area contributed by atoms with Crippen LogP contribution in [-0.4, -0.2) is 24.6 Å². The summed E-state index contributed by atoms with van der Waals surface area (Å²) in [6.45, 7) is 8.87. The first-order chi connectivity index (χ1) is 6.77. The summed E-state index contributed by atoms with van der Waals surface area (Å²) in [5, 5.41) is 0. The van der Waals surface area contributed by atoms with Gasteiger partial charge in [0.2, 0.25) is 0 Å². The van der Waals surface area contributed by atoms with Crippen LogP contribution in [-0.2, 0) is 19.1 Å². The molecule has 4 heteroatoms. The average Bonchev–Trinajstić information content (AvgIpc) is 2.12. The maximum absolute atomic E-state index is 11.4. The Morgan fingerprint density at radius 3 is 2.20 bits per heavy atom. The molecule has 0 rings (SSSR count). The minimum absolute atomic E-state index is 0.120. The van der Waals surface area contributed by atoms with Gasteiger partial charge in [-0.05, 0) is 27.7 Å². The molecule has 0 bridgehead atoms. The van der Waals surface area contributed by atoms with Crippen molar-refractivity contribution in [2.24, 2.45) is 5.41 Å². The number of carbonyl (C=O) groups excluding carboxylic acids is 2. The van der Waals surface area contributed by atoms with Gasteiger partial charge in [-0.1, -0.05) is 6.92 Å². The van der Waals surface area contributed by atoms with Gasteiger partial charge in [-0.15, -0.1) is 0 Å². The lowest BCUT2D eigenvalue weighted by molar-refractivity contribution is -0.164. The van der Waals surface area contributed by atoms with Crippen molar-refractivity contribution in [1.82, 2.24) is 0 Å². The van der Waals surface area contributed by atoms with Gasteiger partial charge in [-0.3, -0.25) is 9.59 Å². The highest BCUT2D eigenvalue weighted by Crippen LogP contribution is 2.16. The Hall–Kier alpha value is -1.06. The number of ether oxygens (including phenoxy) is 2. The molecular weight excluding hydrogens is 196 g/mol. The molecule has 0 aliphatic rings. The molecule has 0 radical (unpaired) electrons. The van der Waals surface area contributed by atoms with Crippen molar-refractivity contribution in [2.45, 2.75) is 47.1 Å². The second-order valence-electron chi connectivity index (χ2n) is 4.50. The lowest BCUT2D eigenvalue weighted by Gasteiger charge is -2.20. The molecule has 0 N–H and O–H groups in total. The van der Waals surface area contributed by atoms with Crippen LogP contribution < -0.4 is 0 Å². The van der Waals surface area contributed by atoms with Crippen molar-refractivity contribution >= 4 is 11.9 Å². The number of hydrogen-bond acceptors (Lipinski definition) is 4. The fraction of sp³-hybridized carbons (Fsp3) is 0.818. The zero-order chi connectivity index (χ0) is 12.1. The number of rotatable bonds is 4. The lowest BCUT2D eigenvalue weighted by atomic mass is 9.97. The first-order valence-corrected chi connectivity index (χ1v) is 5.14. The normalized spacial score (nSPS) is 13.1. The molecule has 1 atom stereocenters. The van der Waals surface area contributed by atoms with Gasteiger partial charge in [0.05, 0.1) is 5.41 Å². The van der Waals surface area contributed by atoms with Crippen molar-refractivity contribution in [1.29, 1.82) is 0 Å². The standard InChI is InChI=1S/C11H20O4/c1-6-9(12)14-7-8(2)15-10(13)11(3,4)5/h8H,6-7H2,1-5H3. The second kappa shape index (κ2) is 5.73. The van der Waals surface area contributed by atoms with E-state index in [4.69, 9.17) is 9.47 Å². The van der Waals surface area contributed by atoms with E-state index in [1.54, 1.807) is 34.6 Å². The zero-order valence-corrected chi connectivity index (χ0v) is 10.1. The number of esters is 2. The summed E-state index contributed by atoms with van der Waals surface area (Å²) in [7, 11) is 0. The molecule has 0 amide bonds. The van der Waals surface area contributed by atoms with E-state index in [1.165, 1.54) is 0 Å². The topological polar surface area (TPSA) is 52.6 Å². The Labute approximate surface area is 90.9 Å². The molecule has 0 saturated heterocycles. The molecule has 0 aliphatic carbocycles. The van der Waals surface area contributed by atoms with Crippen LogP contribution in [0.5, 0.6) is 0 Å². The highest BCUT2D eigenvalue weighted by atomic mass is 16.6. The number of carbonyl (C=O) groups is 2. The minimum atomic E-state index is -0.525. The fourth-order valence-electron chi connectivity index (χ4n) is 0.706. The Balaban J connectivity index is 3.89. The first-order valence-electron chi connectivity index (χ1n) is 5.14. The molecule has 0 saturated carbocycles. The van der Waals surface area contributed by atoms with E-state index in [2.05, 4.69) is 0 Å². The minimum Gasteiger partial charge on any atom is -0.462 e. The maximum atomic E-state index is 11.4. The van der Waals surface area contributed by atoms with Crippen LogP contribution in [0.15, 0.2) is 0 Å². The van der Waals surface area contributed by atoms with E-state index in [9.17, 15) is 9.59 Å². The van der Waals surface area contributed by atoms with Gasteiger partial charge < -0.3 is 9.47 Å². The highest BCUT2D eigenvalue weighted by Gasteiger charge is 2.25. The van der Waals surface area contributed by atoms with Gasteiger partial charge in [0.1, 0.15) is 12.7 Å². The smallest absolute Gasteiger partial charge is 0.311 e. The van der Waals surface area contributed by atoms with Gasteiger partial charge in [-0.25, -0.2) is 0 Å². The predicted octanol–water partition coefficient (Wildman–Crippen LogP) is 1.92. The molecule has 0 fully saturated rings. The fourth-order valence-corrected chi connectivity index (χ4v) is 0.706. The van der Waals surface area contributed by atoms with Gasteiger partial charge in [0.25, 0.3) is 0 Å². The monoisotopic (exact) mass is 216 g/mol. The Morgan fingerprint density at radius 1 is 1.27 bits per heavy atom. The van der Waals surface area contributed by atoms with Gasteiger partial charge in [-0.2, -0.15) is 0 Å². The number of hydrogen-bond donors (Lipinski definition) is 0. The second-order valence-corrected chi connectivity index (χ2v) is 4.50. The third-order valence-corrected chi connectivity index (χ3v) is 1.69. The Kier molecular flexibility index (Phi) is 5.33. The van der Waals surface area contributed by atoms with Gasteiger partial charge in [0.15, 0.2) is 0 Å². The van der Waals surface area contributed by atoms with Crippen molar-refractivity contribution in [2.75, 3.05) is 6.61 Å². The molecule has 0 spiro atoms. The first kappa shape index (κ1) is 13.9. The quantitative estimate of drug-likeness (QED) is 0.674. The molecule has 88 valence electrons. The molecule has 15 heavy (non-hydrogen) atoms. The van der Waals surface area contributed by atoms with Crippen molar-refractivity contribution in [3.63, 3.8) is 0 Å². The summed E-state index contributed by atoms with van der Waals surface area (Å²) in [5.74, 6) is -0.573. The van der Waals surface area contributed by atoms with Gasteiger partial charge in [0, 0.05) is 6.42 Å². The van der Waals surface area contributed by atoms with Crippen molar-refractivity contribution in [3.05, 3.63) is 0 Å². The molecule has 4 nitrogen and oxygen atoms in total. The zero-order valence-electron chi connectivity index (χ0n) is 10.1. The third kappa shape index (κ3) is 6.10. The van der Waals surface area contributed by atoms with E-state index in [0.717, 1.165) is 0 Å². The van der Waals surface area contributed by atoms with Crippen LogP contribution in [0.4, 0.5) is 0 Å². The van der Waals surface area contributed by atoms with E-state index in [0.29, 0.717) is 6.42 Å². The third-order valence-electron chi connectivity index (χ3n) is 1.69. The summed E-state index contributed by atoms with van der Waals surface area (Å²) in [6, 6.07) is 0. The van der Waals surface area contributed by atoms with Crippen LogP contribution in [0.3, 0.4) is 0 Å². The largest absolute Gasteiger partial charge is 0.462 e. The van der Waals surface area contributed by atoms with Crippen LogP contribution in [0.1, 0.15) is 41.0 Å². The predicted molar refractivity (Wildman–Crippen MR) is 56.3 cm³/mol. The molecular formula is C11H20O4. The van der Waals surface area contributed by atoms with Crippen LogP contribution in [0, 0.1) is 5.41 Å². The van der Waals surface area contributed by atoms with Crippen molar-refractivity contribution < 1.29 is 19.1 Å². The van der Waals surface area contributed by atoms with Gasteiger partial charge >= 0.3 is 11.9 Å². The van der Waals surface area contributed by atoms with Crippen molar-refractivity contribution in [3.8, 4) is 0 Å². The highest BCUT2D eigenvalue weighted by molar-refractivity contribution is 5.75. The molecule has 0 heterocycles. The summed E-state index contributed by atoms with van der Waals surface area (Å²) >= 11 is 0. The molecule has 0 aromatic heterocycles. The van der Waals surface area contributed by atoms with Crippen LogP contribution in [0.25, 0.3) is 0 Å². The summed E-state index contributed by atoms with van der Waals surface area (Å²) in [5.41, 5.74) is -0.525. The lowest BCUT2D eigenvalue weighted by Crippen LogP contribution is -2.29. The Bertz CT molecular complexity index is 227. The van der Waals surface area contributed by atoms with E-state index < -0.39 is 11.5 Å². The Morgan fingerprint density at radius 2 is 1.80 bits per heavy atom. The SMILES string of the molecule is CCC(=O)OCC(C)OC(=O)C(C)(C)C. The molecule has 0 aliphatic heterocycles. The van der Waals surface area contributed by atoms with E-state index in [-0.39, 0.29) is 18.5 Å². The maximum Gasteiger partial charge on any atom is 0.311 e.